The van der Waals surface area contributed by atoms with Crippen LogP contribution in [0.1, 0.15) is 265 Å². The maximum atomic E-state index is 13.2. The fourth-order valence-corrected chi connectivity index (χ4v) is 8.12. The Balaban J connectivity index is 4.59. The lowest BCUT2D eigenvalue weighted by Crippen LogP contribution is -2.46. The van der Waals surface area contributed by atoms with Crippen molar-refractivity contribution >= 4 is 11.9 Å². The van der Waals surface area contributed by atoms with Gasteiger partial charge < -0.3 is 20.3 Å². The zero-order valence-electron chi connectivity index (χ0n) is 42.9. The first kappa shape index (κ1) is 62.3. The number of hydrogen-bond acceptors (Lipinski definition) is 5. The molecule has 376 valence electrons. The number of esters is 1. The molecule has 0 spiro atoms. The fraction of sp³-hybridized carbons (Fsp3) is 0.763. The van der Waals surface area contributed by atoms with Crippen molar-refractivity contribution < 1.29 is 24.5 Å². The summed E-state index contributed by atoms with van der Waals surface area (Å²) < 4.78 is 5.92. The standard InChI is InChI=1S/C59H105NO5/c1-4-7-10-13-16-19-22-25-27-29-30-33-36-39-42-45-48-51-57(62)56(54-61)60-58(63)53-55(50-47-44-41-38-35-32-24-21-18-15-12-9-6-3)65-59(64)52-49-46-43-40-37-34-31-28-26-23-20-17-14-11-8-5-2/h8,11,17-18,20-21,24,26,28,32,34,37,55-57,61-62H,4-7,9-10,12-16,19,22-23,25,27,29-31,33,35-36,38-54H2,1-3H3,(H,60,63)/b11-8+,20-17+,21-18+,28-26+,32-24+,37-34+. The number of carbonyl (C=O) groups is 2. The number of aliphatic hydroxyl groups is 2. The van der Waals surface area contributed by atoms with Gasteiger partial charge in [-0.3, -0.25) is 9.59 Å². The van der Waals surface area contributed by atoms with Crippen molar-refractivity contribution in [2.75, 3.05) is 6.61 Å². The lowest BCUT2D eigenvalue weighted by atomic mass is 10.0. The minimum Gasteiger partial charge on any atom is -0.462 e. The third-order valence-corrected chi connectivity index (χ3v) is 12.3. The van der Waals surface area contributed by atoms with Crippen molar-refractivity contribution in [1.29, 1.82) is 0 Å². The molecule has 0 aromatic carbocycles. The van der Waals surface area contributed by atoms with Crippen molar-refractivity contribution in [3.63, 3.8) is 0 Å². The summed E-state index contributed by atoms with van der Waals surface area (Å²) in [6, 6.07) is -0.718. The molecular formula is C59H105NO5. The molecule has 1 amide bonds. The van der Waals surface area contributed by atoms with Gasteiger partial charge in [0.2, 0.25) is 5.91 Å². The molecule has 0 aliphatic rings. The Morgan fingerprint density at radius 1 is 0.477 bits per heavy atom. The average molecular weight is 908 g/mol. The predicted octanol–water partition coefficient (Wildman–Crippen LogP) is 17.0. The van der Waals surface area contributed by atoms with E-state index in [1.165, 1.54) is 109 Å². The minimum atomic E-state index is -0.802. The normalized spacial score (nSPS) is 13.7. The van der Waals surface area contributed by atoms with E-state index in [0.29, 0.717) is 19.3 Å². The highest BCUT2D eigenvalue weighted by Crippen LogP contribution is 2.18. The van der Waals surface area contributed by atoms with Crippen LogP contribution in [0.2, 0.25) is 0 Å². The zero-order valence-corrected chi connectivity index (χ0v) is 42.9. The number of hydrogen-bond donors (Lipinski definition) is 3. The topological polar surface area (TPSA) is 95.9 Å². The van der Waals surface area contributed by atoms with Crippen LogP contribution in [0.3, 0.4) is 0 Å². The van der Waals surface area contributed by atoms with Gasteiger partial charge in [0.05, 0.1) is 25.2 Å². The van der Waals surface area contributed by atoms with Gasteiger partial charge in [-0.05, 0) is 89.9 Å². The van der Waals surface area contributed by atoms with Crippen LogP contribution in [0, 0.1) is 0 Å². The van der Waals surface area contributed by atoms with Gasteiger partial charge in [0.15, 0.2) is 0 Å². The summed E-state index contributed by atoms with van der Waals surface area (Å²) in [5, 5.41) is 23.9. The summed E-state index contributed by atoms with van der Waals surface area (Å²) >= 11 is 0. The van der Waals surface area contributed by atoms with Crippen LogP contribution < -0.4 is 5.32 Å². The molecule has 6 heteroatoms. The number of aliphatic hydroxyl groups excluding tert-OH is 2. The Hall–Kier alpha value is -2.70. The minimum absolute atomic E-state index is 0.0489. The highest BCUT2D eigenvalue weighted by atomic mass is 16.5. The van der Waals surface area contributed by atoms with Gasteiger partial charge in [-0.2, -0.15) is 0 Å². The number of ether oxygens (including phenoxy) is 1. The smallest absolute Gasteiger partial charge is 0.306 e. The SMILES string of the molecule is CC/C=C/C/C=C/C/C=C/C/C=C/CCCCCC(=O)OC(CCCCCC/C=C/C=C/CCCCC)CC(=O)NC(CO)C(O)CCCCCCCCCCCCCCCCCCC. The van der Waals surface area contributed by atoms with E-state index in [1.54, 1.807) is 0 Å². The maximum Gasteiger partial charge on any atom is 0.306 e. The second-order valence-electron chi connectivity index (χ2n) is 18.6. The Bertz CT molecular complexity index is 1200. The summed E-state index contributed by atoms with van der Waals surface area (Å²) in [5.74, 6) is -0.529. The molecule has 0 saturated carbocycles. The molecule has 0 rings (SSSR count). The molecule has 0 aliphatic heterocycles. The molecule has 0 heterocycles. The van der Waals surface area contributed by atoms with E-state index in [4.69, 9.17) is 4.74 Å². The van der Waals surface area contributed by atoms with Crippen LogP contribution in [0.25, 0.3) is 0 Å². The summed E-state index contributed by atoms with van der Waals surface area (Å²) in [6.07, 6.45) is 66.8. The Morgan fingerprint density at radius 2 is 0.877 bits per heavy atom. The fourth-order valence-electron chi connectivity index (χ4n) is 8.12. The number of amides is 1. The molecule has 3 N–H and O–H groups in total. The molecular weight excluding hydrogens is 803 g/mol. The number of allylic oxidation sites excluding steroid dienone is 12. The molecule has 0 fully saturated rings. The van der Waals surface area contributed by atoms with Crippen molar-refractivity contribution in [2.24, 2.45) is 0 Å². The molecule has 0 radical (unpaired) electrons. The predicted molar refractivity (Wildman–Crippen MR) is 282 cm³/mol. The third kappa shape index (κ3) is 47.6. The van der Waals surface area contributed by atoms with Crippen LogP contribution in [0.5, 0.6) is 0 Å². The number of rotatable bonds is 49. The van der Waals surface area contributed by atoms with Gasteiger partial charge in [-0.15, -0.1) is 0 Å². The van der Waals surface area contributed by atoms with Crippen LogP contribution in [-0.4, -0.2) is 46.9 Å². The lowest BCUT2D eigenvalue weighted by molar-refractivity contribution is -0.151. The van der Waals surface area contributed by atoms with Gasteiger partial charge in [-0.1, -0.05) is 235 Å². The molecule has 0 aromatic heterocycles. The quantitative estimate of drug-likeness (QED) is 0.0245. The van der Waals surface area contributed by atoms with E-state index in [0.717, 1.165) is 109 Å². The highest BCUT2D eigenvalue weighted by molar-refractivity contribution is 5.77. The van der Waals surface area contributed by atoms with E-state index < -0.39 is 18.2 Å². The van der Waals surface area contributed by atoms with Crippen molar-refractivity contribution in [3.8, 4) is 0 Å². The molecule has 0 aromatic rings. The molecule has 0 saturated heterocycles. The van der Waals surface area contributed by atoms with Gasteiger partial charge in [0.1, 0.15) is 6.10 Å². The van der Waals surface area contributed by atoms with E-state index in [1.807, 2.05) is 0 Å². The second kappa shape index (κ2) is 52.3. The first-order chi connectivity index (χ1) is 32.0. The van der Waals surface area contributed by atoms with Gasteiger partial charge in [0.25, 0.3) is 0 Å². The monoisotopic (exact) mass is 908 g/mol. The zero-order chi connectivity index (χ0) is 47.4. The first-order valence-corrected chi connectivity index (χ1v) is 27.7. The van der Waals surface area contributed by atoms with Gasteiger partial charge in [0, 0.05) is 6.42 Å². The van der Waals surface area contributed by atoms with Crippen LogP contribution in [0.4, 0.5) is 0 Å². The second-order valence-corrected chi connectivity index (χ2v) is 18.6. The van der Waals surface area contributed by atoms with Crippen LogP contribution in [-0.2, 0) is 14.3 Å². The number of carbonyl (C=O) groups excluding carboxylic acids is 2. The van der Waals surface area contributed by atoms with Crippen molar-refractivity contribution in [3.05, 3.63) is 72.9 Å². The molecule has 0 bridgehead atoms. The average Bonchev–Trinajstić information content (AvgIpc) is 3.30. The highest BCUT2D eigenvalue weighted by Gasteiger charge is 2.24. The van der Waals surface area contributed by atoms with Gasteiger partial charge >= 0.3 is 5.97 Å². The Morgan fingerprint density at radius 3 is 1.38 bits per heavy atom. The number of nitrogens with one attached hydrogen (secondary N) is 1. The van der Waals surface area contributed by atoms with Crippen LogP contribution >= 0.6 is 0 Å². The molecule has 65 heavy (non-hydrogen) atoms. The first-order valence-electron chi connectivity index (χ1n) is 27.7. The lowest BCUT2D eigenvalue weighted by Gasteiger charge is -2.24. The maximum absolute atomic E-state index is 13.2. The van der Waals surface area contributed by atoms with E-state index >= 15 is 0 Å². The summed E-state index contributed by atoms with van der Waals surface area (Å²) in [4.78, 5) is 26.2. The molecule has 0 aliphatic carbocycles. The van der Waals surface area contributed by atoms with E-state index in [9.17, 15) is 19.8 Å². The largest absolute Gasteiger partial charge is 0.462 e. The molecule has 3 unspecified atom stereocenters. The number of unbranched alkanes of at least 4 members (excludes halogenated alkanes) is 26. The summed E-state index contributed by atoms with van der Waals surface area (Å²) in [6.45, 7) is 6.34. The Labute approximate surface area is 402 Å². The van der Waals surface area contributed by atoms with Gasteiger partial charge in [-0.25, -0.2) is 0 Å². The van der Waals surface area contributed by atoms with Crippen LogP contribution in [0.15, 0.2) is 72.9 Å². The molecule has 3 atom stereocenters. The van der Waals surface area contributed by atoms with Crippen molar-refractivity contribution in [1.82, 2.24) is 5.32 Å². The summed E-state index contributed by atoms with van der Waals surface area (Å²) in [5.41, 5.74) is 0. The summed E-state index contributed by atoms with van der Waals surface area (Å²) in [7, 11) is 0. The Kier molecular flexibility index (Phi) is 50.1. The third-order valence-electron chi connectivity index (χ3n) is 12.3. The van der Waals surface area contributed by atoms with E-state index in [2.05, 4.69) is 99.0 Å². The molecule has 6 nitrogen and oxygen atoms in total. The van der Waals surface area contributed by atoms with E-state index in [-0.39, 0.29) is 24.9 Å². The van der Waals surface area contributed by atoms with Crippen molar-refractivity contribution in [2.45, 2.75) is 283 Å².